The Kier molecular flexibility index (Phi) is 10.5. The molecule has 0 saturated heterocycles. The summed E-state index contributed by atoms with van der Waals surface area (Å²) in [4.78, 5) is 17.7. The molecule has 0 aromatic heterocycles. The highest BCUT2D eigenvalue weighted by Crippen LogP contribution is 2.68. The molecule has 0 aromatic rings. The van der Waals surface area contributed by atoms with E-state index in [-0.39, 0.29) is 6.10 Å². The molecule has 0 N–H and O–H groups in total. The third-order valence-corrected chi connectivity index (χ3v) is 12.4. The van der Waals surface area contributed by atoms with Gasteiger partial charge in [0.05, 0.1) is 5.71 Å². The molecule has 4 nitrogen and oxygen atoms in total. The van der Waals surface area contributed by atoms with Gasteiger partial charge in [-0.15, -0.1) is 0 Å². The molecule has 224 valence electrons. The van der Waals surface area contributed by atoms with Crippen LogP contribution in [0.5, 0.6) is 0 Å². The van der Waals surface area contributed by atoms with Crippen LogP contribution in [0.1, 0.15) is 151 Å². The zero-order valence-corrected chi connectivity index (χ0v) is 26.6. The maximum absolute atomic E-state index is 12.5. The molecular weight excluding hydrogens is 482 g/mol. The number of nitrogens with zero attached hydrogens (tertiary/aromatic N) is 1. The summed E-state index contributed by atoms with van der Waals surface area (Å²) in [5.41, 5.74) is 1.93. The van der Waals surface area contributed by atoms with Crippen LogP contribution in [0.4, 0.5) is 4.79 Å². The first-order valence-corrected chi connectivity index (χ1v) is 17.1. The zero-order valence-electron chi connectivity index (χ0n) is 26.6. The average molecular weight is 544 g/mol. The first kappa shape index (κ1) is 30.9. The molecule has 0 bridgehead atoms. The van der Waals surface area contributed by atoms with Crippen molar-refractivity contribution in [1.82, 2.24) is 0 Å². The molecule has 0 radical (unpaired) electrons. The van der Waals surface area contributed by atoms with Crippen molar-refractivity contribution in [2.45, 2.75) is 157 Å². The summed E-state index contributed by atoms with van der Waals surface area (Å²) in [5, 5.41) is 4.14. The molecule has 0 aliphatic heterocycles. The number of hydrogen-bond acceptors (Lipinski definition) is 4. The van der Waals surface area contributed by atoms with Gasteiger partial charge in [0.1, 0.15) is 6.10 Å². The number of rotatable bonds is 11. The fraction of sp³-hybridized carbons (Fsp3) is 0.943. The molecule has 4 saturated carbocycles. The Morgan fingerprint density at radius 2 is 1.56 bits per heavy atom. The molecule has 4 aliphatic rings. The SMILES string of the molecule is CCCC(CCC)=NOC(=O)O[C@H]1CC[C@@]2(C)[C@@H](CC[C@H]3[C@H]2CC[C@@]2(C)[C@@H]3CC[C@H]2[C@H](C)CCCC(C)C)C1. The lowest BCUT2D eigenvalue weighted by Gasteiger charge is -2.61. The highest BCUT2D eigenvalue weighted by atomic mass is 16.8. The van der Waals surface area contributed by atoms with Gasteiger partial charge in [-0.25, -0.2) is 4.79 Å². The van der Waals surface area contributed by atoms with E-state index in [1.165, 1.54) is 64.2 Å². The van der Waals surface area contributed by atoms with Gasteiger partial charge < -0.3 is 4.74 Å². The number of hydrogen-bond donors (Lipinski definition) is 0. The number of carbonyl (C=O) groups is 1. The molecule has 4 rings (SSSR count). The number of ether oxygens (including phenoxy) is 1. The van der Waals surface area contributed by atoms with Gasteiger partial charge in [0.2, 0.25) is 0 Å². The van der Waals surface area contributed by atoms with Gasteiger partial charge in [0, 0.05) is 0 Å². The van der Waals surface area contributed by atoms with Gasteiger partial charge in [-0.2, -0.15) is 0 Å². The highest BCUT2D eigenvalue weighted by Gasteiger charge is 2.60. The summed E-state index contributed by atoms with van der Waals surface area (Å²) in [7, 11) is 0. The first-order valence-electron chi connectivity index (χ1n) is 17.1. The normalized spacial score (nSPS) is 38.4. The third kappa shape index (κ3) is 6.72. The summed E-state index contributed by atoms with van der Waals surface area (Å²) in [6.45, 7) is 16.9. The van der Waals surface area contributed by atoms with Crippen LogP contribution in [0.25, 0.3) is 0 Å². The van der Waals surface area contributed by atoms with Crippen molar-refractivity contribution in [3.8, 4) is 0 Å². The number of oxime groups is 1. The second-order valence-electron chi connectivity index (χ2n) is 15.2. The van der Waals surface area contributed by atoms with Crippen LogP contribution in [0.3, 0.4) is 0 Å². The molecule has 0 spiro atoms. The van der Waals surface area contributed by atoms with Crippen LogP contribution in [0, 0.1) is 52.3 Å². The Balaban J connectivity index is 1.33. The predicted molar refractivity (Wildman–Crippen MR) is 162 cm³/mol. The van der Waals surface area contributed by atoms with Gasteiger partial charge in [-0.3, -0.25) is 4.84 Å². The van der Waals surface area contributed by atoms with Crippen molar-refractivity contribution in [2.24, 2.45) is 57.4 Å². The monoisotopic (exact) mass is 543 g/mol. The molecule has 9 atom stereocenters. The number of carbonyl (C=O) groups excluding carboxylic acids is 1. The van der Waals surface area contributed by atoms with E-state index >= 15 is 0 Å². The fourth-order valence-electron chi connectivity index (χ4n) is 10.4. The van der Waals surface area contributed by atoms with Crippen LogP contribution < -0.4 is 0 Å². The van der Waals surface area contributed by atoms with Crippen LogP contribution >= 0.6 is 0 Å². The van der Waals surface area contributed by atoms with Crippen LogP contribution in [-0.2, 0) is 9.57 Å². The second-order valence-corrected chi connectivity index (χ2v) is 15.2. The van der Waals surface area contributed by atoms with Gasteiger partial charge in [-0.05, 0) is 123 Å². The van der Waals surface area contributed by atoms with Crippen molar-refractivity contribution in [1.29, 1.82) is 0 Å². The van der Waals surface area contributed by atoms with E-state index in [1.807, 2.05) is 0 Å². The van der Waals surface area contributed by atoms with Gasteiger partial charge in [0.15, 0.2) is 0 Å². The summed E-state index contributed by atoms with van der Waals surface area (Å²) in [5.74, 6) is 5.99. The van der Waals surface area contributed by atoms with Gasteiger partial charge in [0.25, 0.3) is 0 Å². The molecule has 4 heteroatoms. The van der Waals surface area contributed by atoms with Crippen LogP contribution in [0.2, 0.25) is 0 Å². The van der Waals surface area contributed by atoms with E-state index in [1.54, 1.807) is 0 Å². The lowest BCUT2D eigenvalue weighted by molar-refractivity contribution is -0.132. The minimum absolute atomic E-state index is 0.0143. The molecule has 39 heavy (non-hydrogen) atoms. The van der Waals surface area contributed by atoms with Crippen LogP contribution in [0.15, 0.2) is 5.16 Å². The van der Waals surface area contributed by atoms with E-state index in [0.717, 1.165) is 79.7 Å². The molecule has 4 fully saturated rings. The Morgan fingerprint density at radius 1 is 0.872 bits per heavy atom. The maximum atomic E-state index is 12.5. The Hall–Kier alpha value is -1.06. The van der Waals surface area contributed by atoms with Crippen molar-refractivity contribution < 1.29 is 14.4 Å². The van der Waals surface area contributed by atoms with Crippen molar-refractivity contribution >= 4 is 11.9 Å². The quantitative estimate of drug-likeness (QED) is 0.113. The minimum Gasteiger partial charge on any atom is -0.429 e. The predicted octanol–water partition coefficient (Wildman–Crippen LogP) is 10.6. The molecule has 0 aromatic carbocycles. The summed E-state index contributed by atoms with van der Waals surface area (Å²) in [6.07, 6.45) is 19.0. The Bertz CT molecular complexity index is 830. The lowest BCUT2D eigenvalue weighted by Crippen LogP contribution is -2.54. The zero-order chi connectivity index (χ0) is 28.2. The molecule has 0 unspecified atom stereocenters. The second kappa shape index (κ2) is 13.3. The van der Waals surface area contributed by atoms with E-state index in [2.05, 4.69) is 53.6 Å². The summed E-state index contributed by atoms with van der Waals surface area (Å²) in [6, 6.07) is 0. The Morgan fingerprint density at radius 3 is 2.26 bits per heavy atom. The van der Waals surface area contributed by atoms with E-state index in [9.17, 15) is 4.79 Å². The van der Waals surface area contributed by atoms with Gasteiger partial charge in [-0.1, -0.05) is 85.7 Å². The summed E-state index contributed by atoms with van der Waals surface area (Å²) < 4.78 is 5.83. The number of fused-ring (bicyclic) bond motifs is 5. The van der Waals surface area contributed by atoms with Crippen molar-refractivity contribution in [2.75, 3.05) is 0 Å². The molecule has 4 aliphatic carbocycles. The third-order valence-electron chi connectivity index (χ3n) is 12.4. The molecule has 0 amide bonds. The van der Waals surface area contributed by atoms with E-state index in [0.29, 0.717) is 16.7 Å². The highest BCUT2D eigenvalue weighted by molar-refractivity contribution is 5.84. The summed E-state index contributed by atoms with van der Waals surface area (Å²) >= 11 is 0. The molecule has 0 heterocycles. The lowest BCUT2D eigenvalue weighted by atomic mass is 9.44. The largest absolute Gasteiger partial charge is 0.535 e. The Labute approximate surface area is 240 Å². The maximum Gasteiger partial charge on any atom is 0.535 e. The van der Waals surface area contributed by atoms with Gasteiger partial charge >= 0.3 is 6.16 Å². The topological polar surface area (TPSA) is 47.9 Å². The van der Waals surface area contributed by atoms with E-state index < -0.39 is 6.16 Å². The standard InChI is InChI=1S/C35H61NO3/c1-8-11-27(12-9-2)36-39-33(37)38-28-19-21-34(6)26(23-28)15-16-29-31-18-17-30(25(5)14-10-13-24(3)4)35(31,7)22-20-32(29)34/h24-26,28-32H,8-23H2,1-7H3/t25-,26+,28+,29-,30+,31-,32-,34+,35-/m1/s1. The molecular formula is C35H61NO3. The van der Waals surface area contributed by atoms with Crippen LogP contribution in [-0.4, -0.2) is 18.0 Å². The smallest absolute Gasteiger partial charge is 0.429 e. The van der Waals surface area contributed by atoms with Crippen molar-refractivity contribution in [3.05, 3.63) is 0 Å². The van der Waals surface area contributed by atoms with E-state index in [4.69, 9.17) is 9.57 Å². The minimum atomic E-state index is -0.602. The fourth-order valence-corrected chi connectivity index (χ4v) is 10.4. The van der Waals surface area contributed by atoms with Crippen molar-refractivity contribution in [3.63, 3.8) is 0 Å². The first-order chi connectivity index (χ1) is 18.6. The average Bonchev–Trinajstić information content (AvgIpc) is 3.25.